The number of para-hydroxylation sites is 1. The predicted molar refractivity (Wildman–Crippen MR) is 162 cm³/mol. The van der Waals surface area contributed by atoms with Crippen molar-refractivity contribution in [2.45, 2.75) is 65.1 Å². The van der Waals surface area contributed by atoms with Crippen LogP contribution in [0, 0.1) is 11.8 Å². The summed E-state index contributed by atoms with van der Waals surface area (Å²) in [5.41, 5.74) is 0.215. The van der Waals surface area contributed by atoms with Crippen molar-refractivity contribution >= 4 is 23.6 Å². The maximum atomic E-state index is 13.4. The standard InChI is InChI=1S/C32H44N4O7/c1-6-21(4)29-32(40)34-22(17-20(2)3)19-43-27-10-8-7-9-25(27)30(38)35-26(18-28(37)36-29)31(39)33-15-16-42-24-13-11-23(41-5)12-14-24/h7-14,20-22,26,29H,6,15-19H2,1-5H3,(H,33,39)(H,34,40)(H,35,38)(H,36,37)/t21-,22-,26-,29-/m0/s1. The van der Waals surface area contributed by atoms with Gasteiger partial charge in [0, 0.05) is 0 Å². The molecule has 4 atom stereocenters. The van der Waals surface area contributed by atoms with Gasteiger partial charge in [0.05, 0.1) is 31.7 Å². The van der Waals surface area contributed by atoms with Crippen molar-refractivity contribution in [3.8, 4) is 17.2 Å². The fourth-order valence-electron chi connectivity index (χ4n) is 4.70. The van der Waals surface area contributed by atoms with Crippen LogP contribution in [0.3, 0.4) is 0 Å². The Morgan fingerprint density at radius 2 is 1.70 bits per heavy atom. The van der Waals surface area contributed by atoms with Crippen LogP contribution in [0.1, 0.15) is 57.3 Å². The highest BCUT2D eigenvalue weighted by Gasteiger charge is 2.32. The molecule has 0 aromatic heterocycles. The van der Waals surface area contributed by atoms with Crippen molar-refractivity contribution in [1.29, 1.82) is 0 Å². The number of methoxy groups -OCH3 is 1. The minimum absolute atomic E-state index is 0.132. The number of amides is 4. The van der Waals surface area contributed by atoms with E-state index in [0.717, 1.165) is 0 Å². The van der Waals surface area contributed by atoms with Gasteiger partial charge in [-0.25, -0.2) is 0 Å². The number of hydrogen-bond acceptors (Lipinski definition) is 7. The highest BCUT2D eigenvalue weighted by Crippen LogP contribution is 2.20. The zero-order chi connectivity index (χ0) is 31.4. The number of carbonyl (C=O) groups is 4. The molecule has 4 amide bonds. The van der Waals surface area contributed by atoms with E-state index in [1.54, 1.807) is 55.6 Å². The first-order chi connectivity index (χ1) is 20.6. The molecule has 4 N–H and O–H groups in total. The van der Waals surface area contributed by atoms with Gasteiger partial charge in [-0.1, -0.05) is 46.2 Å². The lowest BCUT2D eigenvalue weighted by atomic mass is 9.96. The third kappa shape index (κ3) is 10.2. The molecule has 0 fully saturated rings. The van der Waals surface area contributed by atoms with E-state index in [0.29, 0.717) is 30.1 Å². The van der Waals surface area contributed by atoms with Gasteiger partial charge in [0.15, 0.2) is 0 Å². The Balaban J connectivity index is 1.80. The van der Waals surface area contributed by atoms with Gasteiger partial charge in [0.1, 0.15) is 42.5 Å². The number of hydrogen-bond donors (Lipinski definition) is 4. The van der Waals surface area contributed by atoms with Gasteiger partial charge in [-0.2, -0.15) is 0 Å². The number of rotatable bonds is 10. The van der Waals surface area contributed by atoms with Gasteiger partial charge >= 0.3 is 0 Å². The van der Waals surface area contributed by atoms with Gasteiger partial charge in [0.2, 0.25) is 17.7 Å². The summed E-state index contributed by atoms with van der Waals surface area (Å²) >= 11 is 0. The fourth-order valence-corrected chi connectivity index (χ4v) is 4.70. The molecule has 11 nitrogen and oxygen atoms in total. The van der Waals surface area contributed by atoms with Gasteiger partial charge in [0.25, 0.3) is 5.91 Å². The molecule has 2 aromatic carbocycles. The molecule has 234 valence electrons. The lowest BCUT2D eigenvalue weighted by Crippen LogP contribution is -2.56. The second-order valence-electron chi connectivity index (χ2n) is 11.1. The molecule has 0 saturated carbocycles. The molecule has 11 heteroatoms. The van der Waals surface area contributed by atoms with Gasteiger partial charge in [-0.3, -0.25) is 19.2 Å². The average molecular weight is 597 g/mol. The van der Waals surface area contributed by atoms with Gasteiger partial charge in [-0.05, 0) is 54.7 Å². The minimum atomic E-state index is -1.21. The Bertz CT molecular complexity index is 1230. The number of benzene rings is 2. The Kier molecular flexibility index (Phi) is 12.7. The molecule has 3 rings (SSSR count). The zero-order valence-electron chi connectivity index (χ0n) is 25.6. The van der Waals surface area contributed by atoms with E-state index in [1.807, 2.05) is 27.7 Å². The van der Waals surface area contributed by atoms with Crippen LogP contribution in [-0.2, 0) is 14.4 Å². The molecule has 1 heterocycles. The number of fused-ring (bicyclic) bond motifs is 1. The summed E-state index contributed by atoms with van der Waals surface area (Å²) in [5.74, 6) is -0.262. The molecular formula is C32H44N4O7. The van der Waals surface area contributed by atoms with Crippen LogP contribution in [0.5, 0.6) is 17.2 Å². The van der Waals surface area contributed by atoms with Crippen LogP contribution in [-0.4, -0.2) is 68.6 Å². The number of carbonyl (C=O) groups excluding carboxylic acids is 4. The highest BCUT2D eigenvalue weighted by atomic mass is 16.5. The first-order valence-corrected chi connectivity index (χ1v) is 14.8. The summed E-state index contributed by atoms with van der Waals surface area (Å²) in [6.45, 7) is 8.33. The van der Waals surface area contributed by atoms with E-state index >= 15 is 0 Å². The summed E-state index contributed by atoms with van der Waals surface area (Å²) in [6.07, 6.45) is 0.924. The molecule has 0 spiro atoms. The summed E-state index contributed by atoms with van der Waals surface area (Å²) in [4.78, 5) is 53.3. The molecule has 0 saturated heterocycles. The maximum absolute atomic E-state index is 13.4. The van der Waals surface area contributed by atoms with E-state index in [2.05, 4.69) is 21.3 Å². The molecule has 2 aromatic rings. The third-order valence-electron chi connectivity index (χ3n) is 7.23. The summed E-state index contributed by atoms with van der Waals surface area (Å²) in [7, 11) is 1.57. The lowest BCUT2D eigenvalue weighted by Gasteiger charge is -2.29. The smallest absolute Gasteiger partial charge is 0.255 e. The van der Waals surface area contributed by atoms with Crippen molar-refractivity contribution < 1.29 is 33.4 Å². The molecule has 1 aliphatic rings. The van der Waals surface area contributed by atoms with Crippen molar-refractivity contribution in [2.24, 2.45) is 11.8 Å². The number of nitrogens with one attached hydrogen (secondary N) is 4. The van der Waals surface area contributed by atoms with Crippen LogP contribution >= 0.6 is 0 Å². The van der Waals surface area contributed by atoms with E-state index in [-0.39, 0.29) is 55.5 Å². The normalized spacial score (nSPS) is 20.3. The third-order valence-corrected chi connectivity index (χ3v) is 7.23. The topological polar surface area (TPSA) is 144 Å². The van der Waals surface area contributed by atoms with Gasteiger partial charge < -0.3 is 35.5 Å². The Hall–Kier alpha value is -4.28. The maximum Gasteiger partial charge on any atom is 0.255 e. The van der Waals surface area contributed by atoms with E-state index in [4.69, 9.17) is 14.2 Å². The first-order valence-electron chi connectivity index (χ1n) is 14.8. The summed E-state index contributed by atoms with van der Waals surface area (Å²) in [5, 5.41) is 11.3. The van der Waals surface area contributed by atoms with Crippen molar-refractivity contribution in [1.82, 2.24) is 21.3 Å². The largest absolute Gasteiger partial charge is 0.497 e. The second kappa shape index (κ2) is 16.4. The quantitative estimate of drug-likeness (QED) is 0.309. The zero-order valence-corrected chi connectivity index (χ0v) is 25.6. The van der Waals surface area contributed by atoms with Gasteiger partial charge in [-0.15, -0.1) is 0 Å². The lowest BCUT2D eigenvalue weighted by molar-refractivity contribution is -0.132. The summed E-state index contributed by atoms with van der Waals surface area (Å²) in [6, 6.07) is 11.3. The average Bonchev–Trinajstić information content (AvgIpc) is 2.99. The Morgan fingerprint density at radius 3 is 2.37 bits per heavy atom. The van der Waals surface area contributed by atoms with Crippen molar-refractivity contribution in [3.05, 3.63) is 54.1 Å². The second-order valence-corrected chi connectivity index (χ2v) is 11.1. The van der Waals surface area contributed by atoms with Crippen LogP contribution in [0.2, 0.25) is 0 Å². The molecule has 0 aliphatic carbocycles. The van der Waals surface area contributed by atoms with Crippen molar-refractivity contribution in [3.63, 3.8) is 0 Å². The first kappa shape index (κ1) is 33.2. The predicted octanol–water partition coefficient (Wildman–Crippen LogP) is 2.83. The van der Waals surface area contributed by atoms with Crippen LogP contribution < -0.4 is 35.5 Å². The molecule has 1 aliphatic heterocycles. The molecule has 0 bridgehead atoms. The van der Waals surface area contributed by atoms with Crippen LogP contribution in [0.15, 0.2) is 48.5 Å². The molecular weight excluding hydrogens is 552 g/mol. The van der Waals surface area contributed by atoms with Crippen LogP contribution in [0.25, 0.3) is 0 Å². The van der Waals surface area contributed by atoms with Crippen LogP contribution in [0.4, 0.5) is 0 Å². The number of ether oxygens (including phenoxy) is 3. The highest BCUT2D eigenvalue weighted by molar-refractivity contribution is 6.01. The molecule has 0 unspecified atom stereocenters. The summed E-state index contributed by atoms with van der Waals surface area (Å²) < 4.78 is 16.9. The SMILES string of the molecule is CC[C@H](C)[C@@H]1NC(=O)C[C@@H](C(=O)NCCOc2ccc(OC)cc2)NC(=O)c2ccccc2OC[C@H](CC(C)C)NC1=O. The van der Waals surface area contributed by atoms with E-state index < -0.39 is 29.8 Å². The van der Waals surface area contributed by atoms with E-state index in [9.17, 15) is 19.2 Å². The van der Waals surface area contributed by atoms with E-state index in [1.165, 1.54) is 0 Å². The molecule has 0 radical (unpaired) electrons. The molecule has 43 heavy (non-hydrogen) atoms. The van der Waals surface area contributed by atoms with Crippen molar-refractivity contribution in [2.75, 3.05) is 26.9 Å². The Morgan fingerprint density at radius 1 is 1.00 bits per heavy atom. The fraction of sp³-hybridized carbons (Fsp3) is 0.500. The minimum Gasteiger partial charge on any atom is -0.497 e. The Labute approximate surface area is 253 Å². The monoisotopic (exact) mass is 596 g/mol.